The van der Waals surface area contributed by atoms with Gasteiger partial charge in [-0.05, 0) is 36.2 Å². The minimum atomic E-state index is -0.864. The molecule has 0 radical (unpaired) electrons. The van der Waals surface area contributed by atoms with Gasteiger partial charge in [0.2, 0.25) is 0 Å². The molecule has 2 amide bonds. The normalized spacial score (nSPS) is 11.9. The molecule has 0 spiro atoms. The Morgan fingerprint density at radius 3 is 2.81 bits per heavy atom. The van der Waals surface area contributed by atoms with Crippen molar-refractivity contribution in [2.24, 2.45) is 0 Å². The molecule has 0 bridgehead atoms. The van der Waals surface area contributed by atoms with Crippen molar-refractivity contribution >= 4 is 6.03 Å². The summed E-state index contributed by atoms with van der Waals surface area (Å²) in [6.45, 7) is 0.512. The minimum absolute atomic E-state index is 0.0749. The number of carbonyl (C=O) groups excluding carboxylic acids is 1. The van der Waals surface area contributed by atoms with Gasteiger partial charge in [-0.1, -0.05) is 12.1 Å². The molecular formula is C15H18N2O4. The Labute approximate surface area is 122 Å². The third-order valence-corrected chi connectivity index (χ3v) is 2.94. The van der Waals surface area contributed by atoms with Crippen LogP contribution < -0.4 is 10.6 Å². The number of hydrogen-bond acceptors (Lipinski definition) is 4. The van der Waals surface area contributed by atoms with Gasteiger partial charge < -0.3 is 25.3 Å². The van der Waals surface area contributed by atoms with E-state index in [1.165, 1.54) is 6.26 Å². The number of aliphatic hydroxyl groups excluding tert-OH is 1. The van der Waals surface area contributed by atoms with E-state index in [2.05, 4.69) is 10.6 Å². The van der Waals surface area contributed by atoms with Gasteiger partial charge in [0.25, 0.3) is 0 Å². The zero-order valence-electron chi connectivity index (χ0n) is 11.5. The maximum absolute atomic E-state index is 11.6. The van der Waals surface area contributed by atoms with Gasteiger partial charge >= 0.3 is 6.03 Å². The lowest BCUT2D eigenvalue weighted by molar-refractivity contribution is 0.148. The summed E-state index contributed by atoms with van der Waals surface area (Å²) in [4.78, 5) is 11.6. The van der Waals surface area contributed by atoms with Crippen molar-refractivity contribution in [3.8, 4) is 5.75 Å². The molecule has 2 rings (SSSR count). The smallest absolute Gasteiger partial charge is 0.314 e. The number of rotatable bonds is 6. The van der Waals surface area contributed by atoms with Crippen molar-refractivity contribution in [1.29, 1.82) is 0 Å². The summed E-state index contributed by atoms with van der Waals surface area (Å²) in [7, 11) is 0. The number of aliphatic hydroxyl groups is 1. The van der Waals surface area contributed by atoms with Gasteiger partial charge in [-0.25, -0.2) is 4.79 Å². The Morgan fingerprint density at radius 2 is 2.10 bits per heavy atom. The fourth-order valence-corrected chi connectivity index (χ4v) is 1.87. The van der Waals surface area contributed by atoms with E-state index in [1.54, 1.807) is 30.3 Å². The van der Waals surface area contributed by atoms with Gasteiger partial charge in [0, 0.05) is 6.54 Å². The van der Waals surface area contributed by atoms with Crippen molar-refractivity contribution < 1.29 is 19.4 Å². The highest BCUT2D eigenvalue weighted by Crippen LogP contribution is 2.12. The number of phenolic OH excluding ortho intramolecular Hbond substituents is 1. The number of urea groups is 1. The van der Waals surface area contributed by atoms with Gasteiger partial charge in [-0.3, -0.25) is 0 Å². The lowest BCUT2D eigenvalue weighted by Crippen LogP contribution is -2.38. The minimum Gasteiger partial charge on any atom is -0.508 e. The van der Waals surface area contributed by atoms with Gasteiger partial charge in [0.15, 0.2) is 0 Å². The summed E-state index contributed by atoms with van der Waals surface area (Å²) < 4.78 is 5.03. The summed E-state index contributed by atoms with van der Waals surface area (Å²) in [6.07, 6.45) is 1.22. The first-order valence-electron chi connectivity index (χ1n) is 6.66. The summed E-state index contributed by atoms with van der Waals surface area (Å²) in [5.74, 6) is 0.619. The van der Waals surface area contributed by atoms with Crippen molar-refractivity contribution in [1.82, 2.24) is 10.6 Å². The molecule has 0 fully saturated rings. The van der Waals surface area contributed by atoms with E-state index < -0.39 is 6.10 Å². The van der Waals surface area contributed by atoms with Gasteiger partial charge in [-0.15, -0.1) is 0 Å². The Hall–Kier alpha value is -2.47. The van der Waals surface area contributed by atoms with Crippen LogP contribution in [0.4, 0.5) is 4.79 Å². The van der Waals surface area contributed by atoms with Crippen molar-refractivity contribution in [2.45, 2.75) is 12.5 Å². The Morgan fingerprint density at radius 1 is 1.24 bits per heavy atom. The van der Waals surface area contributed by atoms with E-state index in [1.807, 2.05) is 6.07 Å². The van der Waals surface area contributed by atoms with Gasteiger partial charge in [-0.2, -0.15) is 0 Å². The first-order chi connectivity index (χ1) is 10.1. The highest BCUT2D eigenvalue weighted by molar-refractivity contribution is 5.73. The zero-order valence-corrected chi connectivity index (χ0v) is 11.5. The largest absolute Gasteiger partial charge is 0.508 e. The molecule has 6 nitrogen and oxygen atoms in total. The SMILES string of the molecule is O=C(NCCc1cccc(O)c1)NCC(O)c1ccco1. The fraction of sp³-hybridized carbons (Fsp3) is 0.267. The second-order valence-electron chi connectivity index (χ2n) is 4.59. The molecule has 0 aliphatic carbocycles. The average molecular weight is 290 g/mol. The van der Waals surface area contributed by atoms with Crippen LogP contribution in [0.1, 0.15) is 17.4 Å². The number of hydrogen-bond donors (Lipinski definition) is 4. The van der Waals surface area contributed by atoms with Gasteiger partial charge in [0.1, 0.15) is 17.6 Å². The van der Waals surface area contributed by atoms with Gasteiger partial charge in [0.05, 0.1) is 12.8 Å². The summed E-state index contributed by atoms with van der Waals surface area (Å²) in [5.41, 5.74) is 0.936. The number of carbonyl (C=O) groups is 1. The molecular weight excluding hydrogens is 272 g/mol. The number of nitrogens with one attached hydrogen (secondary N) is 2. The van der Waals surface area contributed by atoms with Crippen LogP contribution >= 0.6 is 0 Å². The number of amides is 2. The van der Waals surface area contributed by atoms with Crippen LogP contribution in [0.25, 0.3) is 0 Å². The average Bonchev–Trinajstić information content (AvgIpc) is 2.99. The standard InChI is InChI=1S/C15H18N2O4/c18-12-4-1-3-11(9-12)6-7-16-15(20)17-10-13(19)14-5-2-8-21-14/h1-5,8-9,13,18-19H,6-7,10H2,(H2,16,17,20). The second kappa shape index (κ2) is 7.35. The Bertz CT molecular complexity index is 569. The lowest BCUT2D eigenvalue weighted by atomic mass is 10.1. The molecule has 0 saturated heterocycles. The highest BCUT2D eigenvalue weighted by Gasteiger charge is 2.11. The molecule has 1 aromatic carbocycles. The first-order valence-corrected chi connectivity index (χ1v) is 6.66. The number of aromatic hydroxyl groups is 1. The molecule has 4 N–H and O–H groups in total. The molecule has 1 unspecified atom stereocenters. The van der Waals surface area contributed by atoms with E-state index in [-0.39, 0.29) is 18.3 Å². The van der Waals surface area contributed by atoms with Crippen LogP contribution in [0, 0.1) is 0 Å². The van der Waals surface area contributed by atoms with Crippen molar-refractivity contribution in [2.75, 3.05) is 13.1 Å². The molecule has 112 valence electrons. The third-order valence-electron chi connectivity index (χ3n) is 2.94. The third kappa shape index (κ3) is 4.85. The van der Waals surface area contributed by atoms with Crippen LogP contribution in [0.15, 0.2) is 47.1 Å². The monoisotopic (exact) mass is 290 g/mol. The quantitative estimate of drug-likeness (QED) is 0.649. The maximum Gasteiger partial charge on any atom is 0.314 e. The first kappa shape index (κ1) is 14.9. The van der Waals surface area contributed by atoms with Crippen LogP contribution in [0.3, 0.4) is 0 Å². The molecule has 2 aromatic rings. The van der Waals surface area contributed by atoms with E-state index in [0.29, 0.717) is 18.7 Å². The van der Waals surface area contributed by atoms with E-state index in [4.69, 9.17) is 4.42 Å². The molecule has 1 heterocycles. The Balaban J connectivity index is 1.66. The lowest BCUT2D eigenvalue weighted by Gasteiger charge is -2.10. The molecule has 0 aliphatic heterocycles. The van der Waals surface area contributed by atoms with Crippen molar-refractivity contribution in [3.63, 3.8) is 0 Å². The van der Waals surface area contributed by atoms with E-state index in [9.17, 15) is 15.0 Å². The predicted octanol–water partition coefficient (Wildman–Crippen LogP) is 1.56. The second-order valence-corrected chi connectivity index (χ2v) is 4.59. The molecule has 1 aromatic heterocycles. The topological polar surface area (TPSA) is 94.7 Å². The van der Waals surface area contributed by atoms with Crippen LogP contribution in [-0.4, -0.2) is 29.3 Å². The highest BCUT2D eigenvalue weighted by atomic mass is 16.4. The molecule has 0 aliphatic rings. The summed E-state index contributed by atoms with van der Waals surface area (Å²) in [5, 5.41) is 24.3. The van der Waals surface area contributed by atoms with Crippen LogP contribution in [-0.2, 0) is 6.42 Å². The number of furan rings is 1. The molecule has 1 atom stereocenters. The summed E-state index contributed by atoms with van der Waals surface area (Å²) in [6, 6.07) is 9.84. The summed E-state index contributed by atoms with van der Waals surface area (Å²) >= 11 is 0. The number of phenols is 1. The Kier molecular flexibility index (Phi) is 5.22. The fourth-order valence-electron chi connectivity index (χ4n) is 1.87. The van der Waals surface area contributed by atoms with Crippen LogP contribution in [0.5, 0.6) is 5.75 Å². The molecule has 6 heteroatoms. The van der Waals surface area contributed by atoms with E-state index in [0.717, 1.165) is 5.56 Å². The van der Waals surface area contributed by atoms with E-state index >= 15 is 0 Å². The molecule has 0 saturated carbocycles. The predicted molar refractivity (Wildman–Crippen MR) is 76.9 cm³/mol. The maximum atomic E-state index is 11.6. The number of benzene rings is 1. The van der Waals surface area contributed by atoms with Crippen LogP contribution in [0.2, 0.25) is 0 Å². The molecule has 21 heavy (non-hydrogen) atoms. The zero-order chi connectivity index (χ0) is 15.1. The van der Waals surface area contributed by atoms with Crippen molar-refractivity contribution in [3.05, 3.63) is 54.0 Å².